The Morgan fingerprint density at radius 3 is 2.83 bits per heavy atom. The summed E-state index contributed by atoms with van der Waals surface area (Å²) < 4.78 is 5.89. The summed E-state index contributed by atoms with van der Waals surface area (Å²) in [6.07, 6.45) is 2.82. The maximum atomic E-state index is 12.5. The van der Waals surface area contributed by atoms with Crippen LogP contribution in [0, 0.1) is 11.8 Å². The highest BCUT2D eigenvalue weighted by Crippen LogP contribution is 2.30. The molecule has 4 heteroatoms. The van der Waals surface area contributed by atoms with E-state index in [0.717, 1.165) is 43.7 Å². The predicted molar refractivity (Wildman–Crippen MR) is 93.5 cm³/mol. The summed E-state index contributed by atoms with van der Waals surface area (Å²) in [6.45, 7) is 8.89. The van der Waals surface area contributed by atoms with Crippen LogP contribution in [0.3, 0.4) is 0 Å². The molecule has 128 valence electrons. The molecular formula is C19H30N2O2. The second-order valence-corrected chi connectivity index (χ2v) is 6.77. The summed E-state index contributed by atoms with van der Waals surface area (Å²) >= 11 is 0. The molecule has 1 aliphatic heterocycles. The lowest BCUT2D eigenvalue weighted by molar-refractivity contribution is -0.125. The summed E-state index contributed by atoms with van der Waals surface area (Å²) in [7, 11) is 0. The topological polar surface area (TPSA) is 50.4 Å². The minimum absolute atomic E-state index is 0.0103. The Morgan fingerprint density at radius 2 is 2.17 bits per heavy atom. The summed E-state index contributed by atoms with van der Waals surface area (Å²) in [4.78, 5) is 12.5. The zero-order chi connectivity index (χ0) is 16.7. The number of hydrogen-bond acceptors (Lipinski definition) is 3. The number of ether oxygens (including phenoxy) is 1. The molecule has 0 aromatic heterocycles. The van der Waals surface area contributed by atoms with Gasteiger partial charge in [0, 0.05) is 12.1 Å². The molecule has 0 radical (unpaired) electrons. The Bertz CT molecular complexity index is 496. The minimum Gasteiger partial charge on any atom is -0.493 e. The molecular weight excluding hydrogens is 288 g/mol. The highest BCUT2D eigenvalue weighted by molar-refractivity contribution is 5.79. The van der Waals surface area contributed by atoms with Crippen LogP contribution in [0.5, 0.6) is 5.75 Å². The van der Waals surface area contributed by atoms with Crippen molar-refractivity contribution in [1.82, 2.24) is 10.6 Å². The molecule has 2 rings (SSSR count). The van der Waals surface area contributed by atoms with Crippen LogP contribution in [0.2, 0.25) is 0 Å². The van der Waals surface area contributed by atoms with Crippen molar-refractivity contribution in [3.63, 3.8) is 0 Å². The van der Waals surface area contributed by atoms with Crippen molar-refractivity contribution in [2.24, 2.45) is 11.8 Å². The molecule has 0 saturated carbocycles. The van der Waals surface area contributed by atoms with Crippen molar-refractivity contribution in [1.29, 1.82) is 0 Å². The highest BCUT2D eigenvalue weighted by atomic mass is 16.5. The zero-order valence-corrected chi connectivity index (χ0v) is 14.6. The van der Waals surface area contributed by atoms with E-state index >= 15 is 0 Å². The molecule has 1 aromatic rings. The molecule has 0 aliphatic carbocycles. The van der Waals surface area contributed by atoms with Crippen molar-refractivity contribution in [2.75, 3.05) is 19.7 Å². The van der Waals surface area contributed by atoms with Crippen LogP contribution in [0.15, 0.2) is 24.3 Å². The second kappa shape index (κ2) is 8.92. The Hall–Kier alpha value is -1.55. The van der Waals surface area contributed by atoms with Crippen molar-refractivity contribution >= 4 is 5.91 Å². The maximum absolute atomic E-state index is 12.5. The van der Waals surface area contributed by atoms with Gasteiger partial charge in [-0.2, -0.15) is 0 Å². The number of carbonyl (C=O) groups excluding carboxylic acids is 1. The average Bonchev–Trinajstić information content (AvgIpc) is 3.06. The molecule has 23 heavy (non-hydrogen) atoms. The first-order chi connectivity index (χ1) is 11.1. The molecule has 4 nitrogen and oxygen atoms in total. The van der Waals surface area contributed by atoms with Crippen LogP contribution in [0.1, 0.15) is 51.6 Å². The standard InChI is InChI=1S/C19H30N2O2/c1-4-11-23-18-8-6-5-7-16(18)17(12-14(2)3)21-19(22)15-9-10-20-13-15/h5-8,14-15,17,20H,4,9-13H2,1-3H3,(H,21,22). The monoisotopic (exact) mass is 318 g/mol. The van der Waals surface area contributed by atoms with E-state index in [-0.39, 0.29) is 17.9 Å². The summed E-state index contributed by atoms with van der Waals surface area (Å²) in [6, 6.07) is 8.09. The third kappa shape index (κ3) is 5.24. The largest absolute Gasteiger partial charge is 0.493 e. The lowest BCUT2D eigenvalue weighted by Gasteiger charge is -2.25. The van der Waals surface area contributed by atoms with Crippen LogP contribution < -0.4 is 15.4 Å². The first-order valence-electron chi connectivity index (χ1n) is 8.84. The molecule has 2 unspecified atom stereocenters. The van der Waals surface area contributed by atoms with Crippen molar-refractivity contribution in [3.05, 3.63) is 29.8 Å². The van der Waals surface area contributed by atoms with E-state index in [1.54, 1.807) is 0 Å². The van der Waals surface area contributed by atoms with E-state index in [9.17, 15) is 4.79 Å². The van der Waals surface area contributed by atoms with Gasteiger partial charge in [0.1, 0.15) is 5.75 Å². The van der Waals surface area contributed by atoms with Gasteiger partial charge in [0.15, 0.2) is 0 Å². The highest BCUT2D eigenvalue weighted by Gasteiger charge is 2.26. The maximum Gasteiger partial charge on any atom is 0.224 e. The summed E-state index contributed by atoms with van der Waals surface area (Å²) in [5.74, 6) is 1.64. The molecule has 2 atom stereocenters. The Morgan fingerprint density at radius 1 is 1.39 bits per heavy atom. The quantitative estimate of drug-likeness (QED) is 0.773. The van der Waals surface area contributed by atoms with Gasteiger partial charge in [-0.1, -0.05) is 39.0 Å². The van der Waals surface area contributed by atoms with E-state index in [2.05, 4.69) is 37.5 Å². The fourth-order valence-electron chi connectivity index (χ4n) is 3.01. The lowest BCUT2D eigenvalue weighted by atomic mass is 9.95. The predicted octanol–water partition coefficient (Wildman–Crippen LogP) is 3.29. The molecule has 0 bridgehead atoms. The molecule has 1 heterocycles. The van der Waals surface area contributed by atoms with Crippen molar-refractivity contribution in [3.8, 4) is 5.75 Å². The molecule has 2 N–H and O–H groups in total. The molecule has 1 aromatic carbocycles. The third-order valence-electron chi connectivity index (χ3n) is 4.21. The van der Waals surface area contributed by atoms with Gasteiger partial charge >= 0.3 is 0 Å². The number of hydrogen-bond donors (Lipinski definition) is 2. The number of carbonyl (C=O) groups is 1. The van der Waals surface area contributed by atoms with E-state index in [1.165, 1.54) is 0 Å². The van der Waals surface area contributed by atoms with E-state index < -0.39 is 0 Å². The fourth-order valence-corrected chi connectivity index (χ4v) is 3.01. The van der Waals surface area contributed by atoms with Crippen LogP contribution in [0.25, 0.3) is 0 Å². The normalized spacial score (nSPS) is 18.9. The van der Waals surface area contributed by atoms with Gasteiger partial charge in [-0.25, -0.2) is 0 Å². The number of benzene rings is 1. The van der Waals surface area contributed by atoms with Gasteiger partial charge in [-0.3, -0.25) is 4.79 Å². The Kier molecular flexibility index (Phi) is 6.90. The van der Waals surface area contributed by atoms with Gasteiger partial charge < -0.3 is 15.4 Å². The first-order valence-corrected chi connectivity index (χ1v) is 8.84. The van der Waals surface area contributed by atoms with Crippen LogP contribution in [0.4, 0.5) is 0 Å². The number of rotatable bonds is 8. The Labute approximate surface area is 140 Å². The van der Waals surface area contributed by atoms with E-state index in [1.807, 2.05) is 18.2 Å². The van der Waals surface area contributed by atoms with Gasteiger partial charge in [0.05, 0.1) is 18.6 Å². The van der Waals surface area contributed by atoms with Crippen LogP contribution in [-0.2, 0) is 4.79 Å². The van der Waals surface area contributed by atoms with Crippen LogP contribution in [-0.4, -0.2) is 25.6 Å². The Balaban J connectivity index is 2.15. The molecule has 1 saturated heterocycles. The third-order valence-corrected chi connectivity index (χ3v) is 4.21. The lowest BCUT2D eigenvalue weighted by Crippen LogP contribution is -2.35. The molecule has 1 fully saturated rings. The van der Waals surface area contributed by atoms with E-state index in [0.29, 0.717) is 12.5 Å². The minimum atomic E-state index is 0.0103. The smallest absolute Gasteiger partial charge is 0.224 e. The second-order valence-electron chi connectivity index (χ2n) is 6.77. The first kappa shape index (κ1) is 17.8. The SMILES string of the molecule is CCCOc1ccccc1C(CC(C)C)NC(=O)C1CCNC1. The van der Waals surface area contributed by atoms with Gasteiger partial charge in [0.2, 0.25) is 5.91 Å². The molecule has 0 spiro atoms. The number of para-hydroxylation sites is 1. The molecule has 1 aliphatic rings. The van der Waals surface area contributed by atoms with Gasteiger partial charge in [-0.15, -0.1) is 0 Å². The summed E-state index contributed by atoms with van der Waals surface area (Å²) in [5.41, 5.74) is 1.09. The fraction of sp³-hybridized carbons (Fsp3) is 0.632. The number of amides is 1. The number of nitrogens with one attached hydrogen (secondary N) is 2. The zero-order valence-electron chi connectivity index (χ0n) is 14.6. The van der Waals surface area contributed by atoms with E-state index in [4.69, 9.17) is 4.74 Å². The molecule has 1 amide bonds. The average molecular weight is 318 g/mol. The van der Waals surface area contributed by atoms with Gasteiger partial charge in [0.25, 0.3) is 0 Å². The van der Waals surface area contributed by atoms with Crippen LogP contribution >= 0.6 is 0 Å². The van der Waals surface area contributed by atoms with Gasteiger partial charge in [-0.05, 0) is 37.8 Å². The van der Waals surface area contributed by atoms with Crippen molar-refractivity contribution < 1.29 is 9.53 Å². The van der Waals surface area contributed by atoms with Crippen molar-refractivity contribution in [2.45, 2.75) is 46.1 Å². The summed E-state index contributed by atoms with van der Waals surface area (Å²) in [5, 5.41) is 6.53.